The molecule has 0 unspecified atom stereocenters. The van der Waals surface area contributed by atoms with Crippen molar-refractivity contribution in [2.75, 3.05) is 0 Å². The summed E-state index contributed by atoms with van der Waals surface area (Å²) in [4.78, 5) is 0. The summed E-state index contributed by atoms with van der Waals surface area (Å²) in [6.07, 6.45) is 0. The van der Waals surface area contributed by atoms with Crippen molar-refractivity contribution >= 4 is 27.3 Å². The minimum Gasteiger partial charge on any atom is 0 e. The summed E-state index contributed by atoms with van der Waals surface area (Å²) in [5.74, 6) is 0. The molecule has 0 aliphatic carbocycles. The molecule has 0 bridgehead atoms. The second-order valence-corrected chi connectivity index (χ2v) is 0. The predicted molar refractivity (Wildman–Crippen MR) is 6.44 cm³/mol. The molecule has 5 heteroatoms. The summed E-state index contributed by atoms with van der Waals surface area (Å²) in [7, 11) is 0. The summed E-state index contributed by atoms with van der Waals surface area (Å²) >= 11 is 0.300. The summed E-state index contributed by atoms with van der Waals surface area (Å²) in [6.45, 7) is 0. The van der Waals surface area contributed by atoms with Crippen LogP contribution in [0.2, 0.25) is 0 Å². The van der Waals surface area contributed by atoms with E-state index < -0.39 is 0 Å². The molecule has 5 heavy (non-hydrogen) atoms. The first kappa shape index (κ1) is 23.6. The van der Waals surface area contributed by atoms with Crippen LogP contribution in [0.4, 0.5) is 0 Å². The fourth-order valence-corrected chi connectivity index (χ4v) is 0. The van der Waals surface area contributed by atoms with Gasteiger partial charge in [0.2, 0.25) is 0 Å². The second-order valence-electron chi connectivity index (χ2n) is 0. The van der Waals surface area contributed by atoms with Crippen LogP contribution in [0.25, 0.3) is 0 Å². The van der Waals surface area contributed by atoms with Gasteiger partial charge in [-0.2, -0.15) is 0 Å². The first-order valence-electron chi connectivity index (χ1n) is 0.204. The van der Waals surface area contributed by atoms with Gasteiger partial charge in [0, 0.05) is 21.7 Å². The fourth-order valence-electron chi connectivity index (χ4n) is 0. The monoisotopic (exact) mass is 501 g/mol. The van der Waals surface area contributed by atoms with Gasteiger partial charge in [0.25, 0.3) is 0 Å². The Kier molecular flexibility index (Phi) is 122. The Bertz CT molecular complexity index is 11.6. The van der Waals surface area contributed by atoms with Crippen molar-refractivity contribution < 1.29 is 84.9 Å². The van der Waals surface area contributed by atoms with E-state index in [0.29, 0.717) is 24.7 Å². The Balaban J connectivity index is -0.00000000167. The van der Waals surface area contributed by atoms with Crippen LogP contribution in [0.3, 0.4) is 0 Å². The zero-order valence-electron chi connectivity index (χ0n) is 2.49. The molecule has 0 fully saturated rings. The maximum atomic E-state index is 8.34. The van der Waals surface area contributed by atoms with Gasteiger partial charge in [-0.05, 0) is 0 Å². The van der Waals surface area contributed by atoms with E-state index in [1.54, 1.807) is 0 Å². The van der Waals surface area contributed by atoms with Crippen molar-refractivity contribution in [3.8, 4) is 0 Å². The SMILES string of the molecule is [La+3].[O]=[Zr].[Pb+2].[Ti]. The van der Waals surface area contributed by atoms with Crippen molar-refractivity contribution in [2.45, 2.75) is 0 Å². The van der Waals surface area contributed by atoms with Crippen LogP contribution in [0.5, 0.6) is 0 Å². The number of rotatable bonds is 0. The molecule has 0 aromatic carbocycles. The van der Waals surface area contributed by atoms with Crippen molar-refractivity contribution in [1.29, 1.82) is 0 Å². The third-order valence-electron chi connectivity index (χ3n) is 0. The van der Waals surface area contributed by atoms with Gasteiger partial charge in [-0.15, -0.1) is 0 Å². The maximum absolute atomic E-state index is 8.34. The van der Waals surface area contributed by atoms with Crippen LogP contribution in [-0.4, -0.2) is 27.3 Å². The van der Waals surface area contributed by atoms with E-state index >= 15 is 0 Å². The molecule has 2 radical (unpaired) electrons. The van der Waals surface area contributed by atoms with Crippen LogP contribution in [0.1, 0.15) is 0 Å². The molecule has 0 heterocycles. The third kappa shape index (κ3) is 18.5. The van der Waals surface area contributed by atoms with Gasteiger partial charge in [0.15, 0.2) is 0 Å². The average Bonchev–Trinajstić information content (AvgIpc) is 1.00. The largest absolute Gasteiger partial charge is 2.00 e. The van der Waals surface area contributed by atoms with E-state index in [1.807, 2.05) is 0 Å². The molecule has 0 aliphatic heterocycles. The predicted octanol–water partition coefficient (Wildman–Crippen LogP) is -0.505. The van der Waals surface area contributed by atoms with Crippen LogP contribution in [0.15, 0.2) is 0 Å². The minimum atomic E-state index is 0. The fraction of sp³-hybridized carbons (Fsp3) is 0. The zero-order valence-corrected chi connectivity index (χ0v) is 14.0. The maximum Gasteiger partial charge on any atom is 2.00 e. The van der Waals surface area contributed by atoms with Crippen molar-refractivity contribution in [3.63, 3.8) is 0 Å². The second kappa shape index (κ2) is 25.8. The summed E-state index contributed by atoms with van der Waals surface area (Å²) in [5, 5.41) is 0. The molecule has 0 atom stereocenters. The van der Waals surface area contributed by atoms with Crippen LogP contribution in [0, 0.1) is 35.6 Å². The Morgan fingerprint density at radius 1 is 1.20 bits per heavy atom. The normalized spacial score (nSPS) is 0.600. The topological polar surface area (TPSA) is 17.1 Å². The van der Waals surface area contributed by atoms with E-state index in [9.17, 15) is 0 Å². The molecule has 0 saturated carbocycles. The van der Waals surface area contributed by atoms with Crippen LogP contribution < -0.4 is 0 Å². The first-order valence-corrected chi connectivity index (χ1v) is 1.21. The van der Waals surface area contributed by atoms with Gasteiger partial charge in [-0.25, -0.2) is 0 Å². The summed E-state index contributed by atoms with van der Waals surface area (Å²) in [5.41, 5.74) is 0. The van der Waals surface area contributed by atoms with Crippen molar-refractivity contribution in [1.82, 2.24) is 0 Å². The van der Waals surface area contributed by atoms with E-state index in [2.05, 4.69) is 0 Å². The van der Waals surface area contributed by atoms with Crippen LogP contribution >= 0.6 is 0 Å². The molecule has 0 aliphatic rings. The van der Waals surface area contributed by atoms with E-state index in [1.165, 1.54) is 0 Å². The quantitative estimate of drug-likeness (QED) is 0.410. The third-order valence-corrected chi connectivity index (χ3v) is 0. The van der Waals surface area contributed by atoms with Crippen molar-refractivity contribution in [3.05, 3.63) is 0 Å². The van der Waals surface area contributed by atoms with E-state index in [4.69, 9.17) is 2.81 Å². The van der Waals surface area contributed by atoms with E-state index in [0.717, 1.165) is 0 Å². The van der Waals surface area contributed by atoms with Gasteiger partial charge in [-0.1, -0.05) is 0 Å². The Hall–Kier alpha value is 3.51. The van der Waals surface area contributed by atoms with Gasteiger partial charge >= 0.3 is 90.4 Å². The molecule has 0 aromatic heterocycles. The van der Waals surface area contributed by atoms with Gasteiger partial charge in [0.05, 0.1) is 0 Å². The van der Waals surface area contributed by atoms with Crippen molar-refractivity contribution in [2.24, 2.45) is 0 Å². The molecule has 16 valence electrons. The smallest absolute Gasteiger partial charge is 0 e. The van der Waals surface area contributed by atoms with E-state index in [-0.39, 0.29) is 84.6 Å². The molecular formula is LaOPbTiZr+5. The number of hydrogen-bond donors (Lipinski definition) is 0. The molecule has 0 N–H and O–H groups in total. The summed E-state index contributed by atoms with van der Waals surface area (Å²) < 4.78 is 8.34. The standard InChI is InChI=1S/La.O.Pb.Ti.Zr/q+3;;+2;;. The molecule has 1 nitrogen and oxygen atoms in total. The Morgan fingerprint density at radius 3 is 1.20 bits per heavy atom. The molecule has 0 rings (SSSR count). The van der Waals surface area contributed by atoms with Gasteiger partial charge in [-0.3, -0.25) is 0 Å². The zero-order chi connectivity index (χ0) is 2.00. The molecule has 0 saturated heterocycles. The number of hydrogen-bond acceptors (Lipinski definition) is 1. The Morgan fingerprint density at radius 2 is 1.20 bits per heavy atom. The molecule has 0 amide bonds. The minimum absolute atomic E-state index is 0. The molecule has 0 spiro atoms. The molecule has 0 aromatic rings. The van der Waals surface area contributed by atoms with Crippen LogP contribution in [-0.2, 0) is 49.3 Å². The first-order chi connectivity index (χ1) is 1.00. The molecular weight excluding hydrogens is 501 g/mol. The average molecular weight is 501 g/mol. The van der Waals surface area contributed by atoms with Gasteiger partial charge in [0.1, 0.15) is 0 Å². The summed E-state index contributed by atoms with van der Waals surface area (Å²) in [6, 6.07) is 0. The Labute approximate surface area is 109 Å². The van der Waals surface area contributed by atoms with Gasteiger partial charge < -0.3 is 0 Å².